The number of ether oxygens (including phenoxy) is 1. The van der Waals surface area contributed by atoms with Crippen molar-refractivity contribution in [1.82, 2.24) is 0 Å². The highest BCUT2D eigenvalue weighted by molar-refractivity contribution is 7.16. The fraction of sp³-hybridized carbons (Fsp3) is 0.200. The Labute approximate surface area is 138 Å². The lowest BCUT2D eigenvalue weighted by molar-refractivity contribution is 0.0601. The molecule has 0 spiro atoms. The monoisotopic (exact) mass is 361 g/mol. The van der Waals surface area contributed by atoms with Gasteiger partial charge in [-0.15, -0.1) is 11.3 Å². The largest absolute Gasteiger partial charge is 0.465 e. The maximum absolute atomic E-state index is 13.7. The second kappa shape index (κ2) is 6.60. The normalized spacial score (nSPS) is 10.6. The highest BCUT2D eigenvalue weighted by Crippen LogP contribution is 2.33. The number of amides is 1. The van der Waals surface area contributed by atoms with Gasteiger partial charge in [0.05, 0.1) is 18.2 Å². The van der Waals surface area contributed by atoms with Crippen LogP contribution in [-0.4, -0.2) is 19.0 Å². The van der Waals surface area contributed by atoms with Crippen LogP contribution in [0.15, 0.2) is 6.07 Å². The van der Waals surface area contributed by atoms with Crippen molar-refractivity contribution < 1.29 is 31.9 Å². The van der Waals surface area contributed by atoms with Crippen molar-refractivity contribution in [1.29, 1.82) is 0 Å². The predicted octanol–water partition coefficient (Wildman–Crippen LogP) is 3.96. The number of hydrogen-bond donors (Lipinski definition) is 1. The van der Waals surface area contributed by atoms with Crippen molar-refractivity contribution in [3.63, 3.8) is 0 Å². The molecule has 9 heteroatoms. The van der Waals surface area contributed by atoms with Crippen molar-refractivity contribution in [3.05, 3.63) is 50.9 Å². The molecule has 0 atom stereocenters. The Morgan fingerprint density at radius 2 is 1.71 bits per heavy atom. The van der Waals surface area contributed by atoms with Gasteiger partial charge in [0.1, 0.15) is 5.00 Å². The summed E-state index contributed by atoms with van der Waals surface area (Å²) in [5.74, 6) is -9.59. The molecule has 128 valence electrons. The minimum absolute atomic E-state index is 0.0337. The van der Waals surface area contributed by atoms with Gasteiger partial charge in [-0.3, -0.25) is 4.79 Å². The van der Waals surface area contributed by atoms with Crippen LogP contribution in [0.3, 0.4) is 0 Å². The summed E-state index contributed by atoms with van der Waals surface area (Å²) in [6.07, 6.45) is 0. The first-order chi connectivity index (χ1) is 11.2. The molecule has 0 fully saturated rings. The number of carbonyl (C=O) groups is 2. The summed E-state index contributed by atoms with van der Waals surface area (Å²) in [4.78, 5) is 24.6. The van der Waals surface area contributed by atoms with Gasteiger partial charge >= 0.3 is 5.97 Å². The standard InChI is InChI=1S/C15H11F4NO3S/c1-5-6(2)24-14(9(5)15(22)23-3)20-13(21)7-4-8(16)11(18)12(19)10(7)17/h4H,1-3H3,(H,20,21). The first-order valence-corrected chi connectivity index (χ1v) is 7.33. The average molecular weight is 361 g/mol. The Bertz CT molecular complexity index is 848. The molecule has 2 aromatic rings. The molecule has 0 aliphatic carbocycles. The number of rotatable bonds is 3. The number of methoxy groups -OCH3 is 1. The molecule has 24 heavy (non-hydrogen) atoms. The van der Waals surface area contributed by atoms with Gasteiger partial charge in [-0.2, -0.15) is 0 Å². The van der Waals surface area contributed by atoms with Gasteiger partial charge in [0.25, 0.3) is 5.91 Å². The van der Waals surface area contributed by atoms with Crippen molar-refractivity contribution in [2.45, 2.75) is 13.8 Å². The third-order valence-electron chi connectivity index (χ3n) is 3.35. The van der Waals surface area contributed by atoms with E-state index < -0.39 is 40.7 Å². The summed E-state index contributed by atoms with van der Waals surface area (Å²) >= 11 is 1.01. The average Bonchev–Trinajstić information content (AvgIpc) is 2.82. The summed E-state index contributed by atoms with van der Waals surface area (Å²) in [5, 5.41) is 2.24. The highest BCUT2D eigenvalue weighted by Gasteiger charge is 2.26. The van der Waals surface area contributed by atoms with E-state index in [1.165, 1.54) is 0 Å². The van der Waals surface area contributed by atoms with Crippen LogP contribution in [0.25, 0.3) is 0 Å². The van der Waals surface area contributed by atoms with E-state index in [0.717, 1.165) is 18.4 Å². The molecule has 0 unspecified atom stereocenters. The van der Waals surface area contributed by atoms with Crippen LogP contribution < -0.4 is 5.32 Å². The van der Waals surface area contributed by atoms with E-state index in [4.69, 9.17) is 0 Å². The Hall–Kier alpha value is -2.42. The summed E-state index contributed by atoms with van der Waals surface area (Å²) < 4.78 is 57.7. The molecule has 0 aliphatic rings. The lowest BCUT2D eigenvalue weighted by atomic mass is 10.1. The summed E-state index contributed by atoms with van der Waals surface area (Å²) in [6.45, 7) is 3.30. The number of esters is 1. The quantitative estimate of drug-likeness (QED) is 0.390. The first-order valence-electron chi connectivity index (χ1n) is 6.51. The molecule has 0 saturated carbocycles. The van der Waals surface area contributed by atoms with E-state index in [9.17, 15) is 27.2 Å². The second-order valence-electron chi connectivity index (χ2n) is 4.78. The summed E-state index contributed by atoms with van der Waals surface area (Å²) in [7, 11) is 1.14. The van der Waals surface area contributed by atoms with Crippen LogP contribution in [-0.2, 0) is 4.74 Å². The van der Waals surface area contributed by atoms with E-state index in [0.29, 0.717) is 10.4 Å². The van der Waals surface area contributed by atoms with Gasteiger partial charge < -0.3 is 10.1 Å². The number of hydrogen-bond acceptors (Lipinski definition) is 4. The minimum atomic E-state index is -2.09. The first kappa shape index (κ1) is 17.9. The maximum atomic E-state index is 13.7. The van der Waals surface area contributed by atoms with E-state index in [2.05, 4.69) is 10.1 Å². The molecule has 0 aliphatic heterocycles. The highest BCUT2D eigenvalue weighted by atomic mass is 32.1. The second-order valence-corrected chi connectivity index (χ2v) is 6.01. The Morgan fingerprint density at radius 1 is 1.08 bits per heavy atom. The van der Waals surface area contributed by atoms with Gasteiger partial charge in [-0.25, -0.2) is 22.4 Å². The van der Waals surface area contributed by atoms with E-state index >= 15 is 0 Å². The van der Waals surface area contributed by atoms with Crippen molar-refractivity contribution >= 4 is 28.2 Å². The fourth-order valence-corrected chi connectivity index (χ4v) is 3.01. The van der Waals surface area contributed by atoms with Crippen LogP contribution in [0.5, 0.6) is 0 Å². The van der Waals surface area contributed by atoms with Crippen LogP contribution in [0.2, 0.25) is 0 Å². The Morgan fingerprint density at radius 3 is 2.29 bits per heavy atom. The SMILES string of the molecule is COC(=O)c1c(NC(=O)c2cc(F)c(F)c(F)c2F)sc(C)c1C. The zero-order valence-electron chi connectivity index (χ0n) is 12.7. The molecule has 2 rings (SSSR count). The summed E-state index contributed by atoms with van der Waals surface area (Å²) in [6, 6.07) is 0.244. The molecule has 0 bridgehead atoms. The summed E-state index contributed by atoms with van der Waals surface area (Å²) in [5.41, 5.74) is -0.429. The molecule has 1 N–H and O–H groups in total. The number of carbonyl (C=O) groups excluding carboxylic acids is 2. The zero-order chi connectivity index (χ0) is 18.2. The molecular formula is C15H11F4NO3S. The van der Waals surface area contributed by atoms with Crippen LogP contribution in [0.1, 0.15) is 31.2 Å². The van der Waals surface area contributed by atoms with Crippen LogP contribution >= 0.6 is 11.3 Å². The minimum Gasteiger partial charge on any atom is -0.465 e. The van der Waals surface area contributed by atoms with Crippen molar-refractivity contribution in [2.24, 2.45) is 0 Å². The van der Waals surface area contributed by atoms with Crippen LogP contribution in [0.4, 0.5) is 22.6 Å². The number of aryl methyl sites for hydroxylation is 1. The van der Waals surface area contributed by atoms with E-state index in [1.807, 2.05) is 0 Å². The number of anilines is 1. The number of halogens is 4. The molecule has 1 amide bonds. The number of benzene rings is 1. The zero-order valence-corrected chi connectivity index (χ0v) is 13.5. The Kier molecular flexibility index (Phi) is 4.93. The van der Waals surface area contributed by atoms with Crippen LogP contribution in [0, 0.1) is 37.1 Å². The van der Waals surface area contributed by atoms with Gasteiger partial charge in [0.2, 0.25) is 0 Å². The van der Waals surface area contributed by atoms with Gasteiger partial charge in [-0.1, -0.05) is 0 Å². The topological polar surface area (TPSA) is 55.4 Å². The van der Waals surface area contributed by atoms with Gasteiger partial charge in [0.15, 0.2) is 23.3 Å². The molecule has 0 saturated heterocycles. The van der Waals surface area contributed by atoms with E-state index in [1.54, 1.807) is 13.8 Å². The van der Waals surface area contributed by atoms with Crippen molar-refractivity contribution in [2.75, 3.05) is 12.4 Å². The lowest BCUT2D eigenvalue weighted by Gasteiger charge is -2.08. The Balaban J connectivity index is 2.45. The third kappa shape index (κ3) is 2.99. The van der Waals surface area contributed by atoms with E-state index in [-0.39, 0.29) is 16.6 Å². The predicted molar refractivity (Wildman–Crippen MR) is 79.4 cm³/mol. The molecule has 0 radical (unpaired) electrons. The molecule has 1 aromatic carbocycles. The number of thiophene rings is 1. The maximum Gasteiger partial charge on any atom is 0.341 e. The number of nitrogens with one attached hydrogen (secondary N) is 1. The van der Waals surface area contributed by atoms with Gasteiger partial charge in [0, 0.05) is 4.88 Å². The van der Waals surface area contributed by atoms with Crippen molar-refractivity contribution in [3.8, 4) is 0 Å². The molecule has 1 aromatic heterocycles. The lowest BCUT2D eigenvalue weighted by Crippen LogP contribution is -2.17. The molecule has 4 nitrogen and oxygen atoms in total. The third-order valence-corrected chi connectivity index (χ3v) is 4.47. The van der Waals surface area contributed by atoms with Gasteiger partial charge in [-0.05, 0) is 25.5 Å². The smallest absolute Gasteiger partial charge is 0.341 e. The molecular weight excluding hydrogens is 350 g/mol. The fourth-order valence-electron chi connectivity index (χ4n) is 1.97. The molecule has 1 heterocycles.